The summed E-state index contributed by atoms with van der Waals surface area (Å²) in [5.74, 6) is -0.207. The van der Waals surface area contributed by atoms with Crippen molar-refractivity contribution in [3.05, 3.63) is 29.8 Å². The topological polar surface area (TPSA) is 37.4 Å². The molecule has 1 aromatic rings. The fourth-order valence-corrected chi connectivity index (χ4v) is 3.34. The number of aryl methyl sites for hydroxylation is 1. The Labute approximate surface area is 115 Å². The molecular formula is C11H13ClF3NO2S. The molecule has 108 valence electrons. The fourth-order valence-electron chi connectivity index (χ4n) is 1.50. The van der Waals surface area contributed by atoms with E-state index in [4.69, 9.17) is 11.6 Å². The molecule has 0 atom stereocenters. The Balaban J connectivity index is 3.13. The first-order valence-electron chi connectivity index (χ1n) is 5.36. The molecule has 1 rings (SSSR count). The highest BCUT2D eigenvalue weighted by molar-refractivity contribution is 7.89. The predicted molar refractivity (Wildman–Crippen MR) is 66.7 cm³/mol. The van der Waals surface area contributed by atoms with Crippen molar-refractivity contribution in [2.75, 3.05) is 19.0 Å². The van der Waals surface area contributed by atoms with Crippen LogP contribution in [0.15, 0.2) is 29.2 Å². The van der Waals surface area contributed by atoms with E-state index in [2.05, 4.69) is 0 Å². The number of benzene rings is 1. The van der Waals surface area contributed by atoms with Crippen LogP contribution in [-0.2, 0) is 10.0 Å². The molecule has 3 nitrogen and oxygen atoms in total. The summed E-state index contributed by atoms with van der Waals surface area (Å²) in [7, 11) is -4.19. The van der Waals surface area contributed by atoms with Crippen molar-refractivity contribution in [1.29, 1.82) is 0 Å². The molecule has 0 heterocycles. The van der Waals surface area contributed by atoms with Gasteiger partial charge in [0.1, 0.15) is 6.54 Å². The minimum absolute atomic E-state index is 0.165. The Morgan fingerprint density at radius 2 is 1.95 bits per heavy atom. The zero-order chi connectivity index (χ0) is 14.7. The first-order chi connectivity index (χ1) is 8.66. The molecule has 0 N–H and O–H groups in total. The van der Waals surface area contributed by atoms with Crippen LogP contribution >= 0.6 is 11.6 Å². The Bertz CT molecular complexity index is 531. The SMILES string of the molecule is Cc1cccc(S(=O)(=O)N(CCCl)CC(F)(F)F)c1. The Kier molecular flexibility index (Phi) is 5.23. The van der Waals surface area contributed by atoms with Crippen LogP contribution in [0.3, 0.4) is 0 Å². The number of sulfonamides is 1. The van der Waals surface area contributed by atoms with Crippen molar-refractivity contribution in [3.8, 4) is 0 Å². The van der Waals surface area contributed by atoms with Gasteiger partial charge in [-0.2, -0.15) is 17.5 Å². The predicted octanol–water partition coefficient (Wildman–Crippen LogP) is 2.79. The minimum atomic E-state index is -4.61. The van der Waals surface area contributed by atoms with E-state index < -0.39 is 29.3 Å². The van der Waals surface area contributed by atoms with Crippen LogP contribution in [0.2, 0.25) is 0 Å². The maximum atomic E-state index is 12.4. The Hall–Kier alpha value is -0.790. The van der Waals surface area contributed by atoms with E-state index in [0.717, 1.165) is 0 Å². The Morgan fingerprint density at radius 3 is 2.42 bits per heavy atom. The van der Waals surface area contributed by atoms with Gasteiger partial charge in [-0.05, 0) is 24.6 Å². The van der Waals surface area contributed by atoms with Crippen LogP contribution in [0.5, 0.6) is 0 Å². The molecule has 0 saturated carbocycles. The van der Waals surface area contributed by atoms with Gasteiger partial charge in [-0.25, -0.2) is 8.42 Å². The van der Waals surface area contributed by atoms with Crippen LogP contribution in [0, 0.1) is 6.92 Å². The molecular weight excluding hydrogens is 303 g/mol. The van der Waals surface area contributed by atoms with Gasteiger partial charge < -0.3 is 0 Å². The molecule has 0 fully saturated rings. The third-order valence-corrected chi connectivity index (χ3v) is 4.33. The number of alkyl halides is 4. The molecule has 0 aliphatic carbocycles. The van der Waals surface area contributed by atoms with E-state index in [9.17, 15) is 21.6 Å². The van der Waals surface area contributed by atoms with Gasteiger partial charge in [-0.3, -0.25) is 0 Å². The van der Waals surface area contributed by atoms with Crippen LogP contribution in [0.25, 0.3) is 0 Å². The van der Waals surface area contributed by atoms with Crippen LogP contribution in [0.4, 0.5) is 13.2 Å². The van der Waals surface area contributed by atoms with Crippen molar-refractivity contribution in [3.63, 3.8) is 0 Å². The number of halogens is 4. The van der Waals surface area contributed by atoms with E-state index in [-0.39, 0.29) is 10.8 Å². The highest BCUT2D eigenvalue weighted by Gasteiger charge is 2.36. The molecule has 0 aromatic heterocycles. The van der Waals surface area contributed by atoms with Crippen molar-refractivity contribution in [2.45, 2.75) is 18.0 Å². The fraction of sp³-hybridized carbons (Fsp3) is 0.455. The molecule has 19 heavy (non-hydrogen) atoms. The lowest BCUT2D eigenvalue weighted by Gasteiger charge is -2.22. The van der Waals surface area contributed by atoms with Crippen molar-refractivity contribution >= 4 is 21.6 Å². The van der Waals surface area contributed by atoms with Gasteiger partial charge in [0.15, 0.2) is 0 Å². The molecule has 0 aliphatic rings. The second kappa shape index (κ2) is 6.11. The van der Waals surface area contributed by atoms with Crippen LogP contribution in [-0.4, -0.2) is 37.9 Å². The molecule has 0 amide bonds. The van der Waals surface area contributed by atoms with Crippen molar-refractivity contribution in [2.24, 2.45) is 0 Å². The first-order valence-corrected chi connectivity index (χ1v) is 7.34. The second-order valence-electron chi connectivity index (χ2n) is 3.96. The average molecular weight is 316 g/mol. The summed E-state index contributed by atoms with van der Waals surface area (Å²) < 4.78 is 61.8. The van der Waals surface area contributed by atoms with Gasteiger partial charge in [0.2, 0.25) is 10.0 Å². The number of hydrogen-bond acceptors (Lipinski definition) is 2. The van der Waals surface area contributed by atoms with Gasteiger partial charge in [0.05, 0.1) is 4.90 Å². The summed E-state index contributed by atoms with van der Waals surface area (Å²) >= 11 is 5.38. The van der Waals surface area contributed by atoms with Crippen molar-refractivity contribution in [1.82, 2.24) is 4.31 Å². The molecule has 0 saturated heterocycles. The second-order valence-corrected chi connectivity index (χ2v) is 6.28. The summed E-state index contributed by atoms with van der Waals surface area (Å²) in [5, 5.41) is 0. The van der Waals surface area contributed by atoms with E-state index in [1.807, 2.05) is 0 Å². The zero-order valence-electron chi connectivity index (χ0n) is 10.1. The van der Waals surface area contributed by atoms with Crippen LogP contribution in [0.1, 0.15) is 5.56 Å². The maximum absolute atomic E-state index is 12.4. The summed E-state index contributed by atoms with van der Waals surface area (Å²) in [6, 6.07) is 5.73. The van der Waals surface area contributed by atoms with Crippen molar-refractivity contribution < 1.29 is 21.6 Å². The third-order valence-electron chi connectivity index (χ3n) is 2.32. The monoisotopic (exact) mass is 315 g/mol. The number of rotatable bonds is 5. The van der Waals surface area contributed by atoms with Gasteiger partial charge in [0.25, 0.3) is 0 Å². The van der Waals surface area contributed by atoms with Crippen LogP contribution < -0.4 is 0 Å². The van der Waals surface area contributed by atoms with Gasteiger partial charge in [-0.1, -0.05) is 12.1 Å². The molecule has 8 heteroatoms. The van der Waals surface area contributed by atoms with Gasteiger partial charge >= 0.3 is 6.18 Å². The normalized spacial score (nSPS) is 12.9. The average Bonchev–Trinajstić information content (AvgIpc) is 2.26. The minimum Gasteiger partial charge on any atom is -0.207 e. The molecule has 1 aromatic carbocycles. The summed E-state index contributed by atoms with van der Waals surface area (Å²) in [4.78, 5) is -0.165. The lowest BCUT2D eigenvalue weighted by molar-refractivity contribution is -0.135. The number of nitrogens with zero attached hydrogens (tertiary/aromatic N) is 1. The molecule has 0 spiro atoms. The van der Waals surface area contributed by atoms with Gasteiger partial charge in [0, 0.05) is 12.4 Å². The van der Waals surface area contributed by atoms with E-state index in [1.54, 1.807) is 13.0 Å². The summed E-state index contributed by atoms with van der Waals surface area (Å²) in [6.45, 7) is -0.276. The maximum Gasteiger partial charge on any atom is 0.402 e. The zero-order valence-corrected chi connectivity index (χ0v) is 11.7. The third kappa shape index (κ3) is 4.67. The summed E-state index contributed by atoms with van der Waals surface area (Å²) in [5.41, 5.74) is 0.652. The molecule has 0 radical (unpaired) electrons. The largest absolute Gasteiger partial charge is 0.402 e. The number of hydrogen-bond donors (Lipinski definition) is 0. The molecule has 0 unspecified atom stereocenters. The van der Waals surface area contributed by atoms with E-state index in [0.29, 0.717) is 9.87 Å². The summed E-state index contributed by atoms with van der Waals surface area (Å²) in [6.07, 6.45) is -4.61. The standard InChI is InChI=1S/C11H13ClF3NO2S/c1-9-3-2-4-10(7-9)19(17,18)16(6-5-12)8-11(13,14)15/h2-4,7H,5-6,8H2,1H3. The quantitative estimate of drug-likeness (QED) is 0.784. The van der Waals surface area contributed by atoms with E-state index in [1.165, 1.54) is 18.2 Å². The lowest BCUT2D eigenvalue weighted by Crippen LogP contribution is -2.40. The first kappa shape index (κ1) is 16.3. The highest BCUT2D eigenvalue weighted by Crippen LogP contribution is 2.23. The van der Waals surface area contributed by atoms with E-state index >= 15 is 0 Å². The Morgan fingerprint density at radius 1 is 1.32 bits per heavy atom. The lowest BCUT2D eigenvalue weighted by atomic mass is 10.2. The van der Waals surface area contributed by atoms with Gasteiger partial charge in [-0.15, -0.1) is 11.6 Å². The molecule has 0 bridgehead atoms. The smallest absolute Gasteiger partial charge is 0.207 e. The highest BCUT2D eigenvalue weighted by atomic mass is 35.5. The molecule has 0 aliphatic heterocycles.